The Morgan fingerprint density at radius 2 is 0.875 bits per heavy atom. The molecule has 48 heavy (non-hydrogen) atoms. The second-order valence-corrected chi connectivity index (χ2v) is 12.2. The molecule has 0 aliphatic carbocycles. The molecule has 0 unspecified atom stereocenters. The molecule has 7 rings (SSSR count). The van der Waals surface area contributed by atoms with Gasteiger partial charge in [0.25, 0.3) is 0 Å². The van der Waals surface area contributed by atoms with Crippen LogP contribution in [-0.4, -0.2) is 9.97 Å². The van der Waals surface area contributed by atoms with Crippen molar-refractivity contribution >= 4 is 23.0 Å². The van der Waals surface area contributed by atoms with E-state index in [-0.39, 0.29) is 0 Å². The van der Waals surface area contributed by atoms with Crippen LogP contribution in [0.3, 0.4) is 0 Å². The summed E-state index contributed by atoms with van der Waals surface area (Å²) >= 11 is 0. The highest BCUT2D eigenvalue weighted by Gasteiger charge is 2.15. The summed E-state index contributed by atoms with van der Waals surface area (Å²) < 4.78 is 0. The summed E-state index contributed by atoms with van der Waals surface area (Å²) in [5.41, 5.74) is 12.6. The van der Waals surface area contributed by atoms with Crippen LogP contribution in [0.15, 0.2) is 170 Å². The van der Waals surface area contributed by atoms with Crippen molar-refractivity contribution in [1.29, 1.82) is 0 Å². The van der Waals surface area contributed by atoms with Gasteiger partial charge in [-0.2, -0.15) is 0 Å². The Balaban J connectivity index is 1.13. The topological polar surface area (TPSA) is 32.3 Å². The molecule has 1 heterocycles. The molecule has 7 aromatic rings. The van der Waals surface area contributed by atoms with Crippen LogP contribution >= 0.6 is 0 Å². The smallest absolute Gasteiger partial charge is 0.226 e. The highest BCUT2D eigenvalue weighted by Crippen LogP contribution is 2.35. The molecule has 0 radical (unpaired) electrons. The van der Waals surface area contributed by atoms with Gasteiger partial charge in [0, 0.05) is 41.9 Å². The van der Waals surface area contributed by atoms with Gasteiger partial charge >= 0.3 is 0 Å². The Labute approximate surface area is 283 Å². The highest BCUT2D eigenvalue weighted by atomic mass is 15.2. The van der Waals surface area contributed by atoms with Crippen molar-refractivity contribution in [2.24, 2.45) is 0 Å². The molecule has 6 aromatic carbocycles. The first-order valence-corrected chi connectivity index (χ1v) is 16.4. The molecule has 0 aliphatic heterocycles. The first-order chi connectivity index (χ1) is 23.6. The third-order valence-corrected chi connectivity index (χ3v) is 8.58. The fourth-order valence-electron chi connectivity index (χ4n) is 5.92. The maximum atomic E-state index is 5.07. The van der Waals surface area contributed by atoms with Crippen LogP contribution in [0.2, 0.25) is 0 Å². The van der Waals surface area contributed by atoms with Crippen molar-refractivity contribution in [2.75, 3.05) is 9.80 Å². The molecule has 1 aromatic heterocycles. The standard InChI is InChI=1S/C44H38N4/c1-33-13-17-35(18-14-33)31-47(32-36-19-15-34(2)16-20-36)44-45-30-29-43(46-44)39-23-21-37(22-24-39)38-25-27-42(28-26-38)48(40-9-5-3-6-10-40)41-11-7-4-8-12-41/h3-30H,31-32H2,1-2H3. The van der Waals surface area contributed by atoms with E-state index in [9.17, 15) is 0 Å². The Kier molecular flexibility index (Phi) is 9.06. The molecule has 4 heteroatoms. The average Bonchev–Trinajstić information content (AvgIpc) is 3.15. The van der Waals surface area contributed by atoms with Crippen molar-refractivity contribution in [3.63, 3.8) is 0 Å². The largest absolute Gasteiger partial charge is 0.332 e. The molecule has 0 spiro atoms. The van der Waals surface area contributed by atoms with Gasteiger partial charge in [-0.3, -0.25) is 0 Å². The first-order valence-electron chi connectivity index (χ1n) is 16.4. The molecule has 0 aliphatic rings. The molecule has 0 bridgehead atoms. The van der Waals surface area contributed by atoms with Gasteiger partial charge in [0.05, 0.1) is 5.69 Å². The van der Waals surface area contributed by atoms with Crippen LogP contribution in [0, 0.1) is 13.8 Å². The Hall–Kier alpha value is -6.00. The number of aromatic nitrogens is 2. The molecule has 0 fully saturated rings. The molecule has 0 atom stereocenters. The third kappa shape index (κ3) is 7.19. The average molecular weight is 623 g/mol. The van der Waals surface area contributed by atoms with Crippen LogP contribution in [0.25, 0.3) is 22.4 Å². The minimum absolute atomic E-state index is 0.717. The summed E-state index contributed by atoms with van der Waals surface area (Å²) in [5, 5.41) is 0. The normalized spacial score (nSPS) is 10.9. The van der Waals surface area contributed by atoms with E-state index in [0.29, 0.717) is 0 Å². The number of para-hydroxylation sites is 2. The summed E-state index contributed by atoms with van der Waals surface area (Å²) in [6.07, 6.45) is 1.87. The van der Waals surface area contributed by atoms with Gasteiger partial charge in [-0.1, -0.05) is 132 Å². The predicted octanol–water partition coefficient (Wildman–Crippen LogP) is 11.1. The highest BCUT2D eigenvalue weighted by molar-refractivity contribution is 5.78. The van der Waals surface area contributed by atoms with E-state index in [1.165, 1.54) is 22.3 Å². The van der Waals surface area contributed by atoms with Crippen LogP contribution in [0.4, 0.5) is 23.0 Å². The Bertz CT molecular complexity index is 1970. The minimum Gasteiger partial charge on any atom is -0.332 e. The Morgan fingerprint density at radius 3 is 1.38 bits per heavy atom. The predicted molar refractivity (Wildman–Crippen MR) is 200 cm³/mol. The zero-order valence-corrected chi connectivity index (χ0v) is 27.4. The summed E-state index contributed by atoms with van der Waals surface area (Å²) in [5.74, 6) is 0.717. The minimum atomic E-state index is 0.717. The number of hydrogen-bond acceptors (Lipinski definition) is 4. The van der Waals surface area contributed by atoms with E-state index in [1.54, 1.807) is 0 Å². The molecule has 4 nitrogen and oxygen atoms in total. The molecular formula is C44H38N4. The van der Waals surface area contributed by atoms with E-state index in [4.69, 9.17) is 9.97 Å². The fraction of sp³-hybridized carbons (Fsp3) is 0.0909. The number of hydrogen-bond donors (Lipinski definition) is 0. The molecule has 0 amide bonds. The summed E-state index contributed by atoms with van der Waals surface area (Å²) in [4.78, 5) is 14.3. The Morgan fingerprint density at radius 1 is 0.438 bits per heavy atom. The van der Waals surface area contributed by atoms with Crippen LogP contribution in [-0.2, 0) is 13.1 Å². The lowest BCUT2D eigenvalue weighted by Gasteiger charge is -2.25. The lowest BCUT2D eigenvalue weighted by atomic mass is 10.0. The number of rotatable bonds is 10. The monoisotopic (exact) mass is 622 g/mol. The van der Waals surface area contributed by atoms with Crippen molar-refractivity contribution in [2.45, 2.75) is 26.9 Å². The van der Waals surface area contributed by atoms with Crippen LogP contribution in [0.5, 0.6) is 0 Å². The van der Waals surface area contributed by atoms with E-state index < -0.39 is 0 Å². The third-order valence-electron chi connectivity index (χ3n) is 8.58. The quantitative estimate of drug-likeness (QED) is 0.152. The van der Waals surface area contributed by atoms with Crippen molar-refractivity contribution < 1.29 is 0 Å². The second-order valence-electron chi connectivity index (χ2n) is 12.2. The first kappa shape index (κ1) is 30.6. The maximum Gasteiger partial charge on any atom is 0.226 e. The molecular weight excluding hydrogens is 585 g/mol. The van der Waals surface area contributed by atoms with Crippen molar-refractivity contribution in [3.8, 4) is 22.4 Å². The molecule has 0 N–H and O–H groups in total. The second kappa shape index (κ2) is 14.2. The molecule has 0 saturated heterocycles. The number of benzene rings is 6. The van der Waals surface area contributed by atoms with Gasteiger partial charge in [0.15, 0.2) is 0 Å². The van der Waals surface area contributed by atoms with Crippen LogP contribution in [0.1, 0.15) is 22.3 Å². The number of nitrogens with zero attached hydrogens (tertiary/aromatic N) is 4. The summed E-state index contributed by atoms with van der Waals surface area (Å²) in [7, 11) is 0. The van der Waals surface area contributed by atoms with Gasteiger partial charge in [0.1, 0.15) is 0 Å². The van der Waals surface area contributed by atoms with Crippen molar-refractivity contribution in [1.82, 2.24) is 9.97 Å². The van der Waals surface area contributed by atoms with Gasteiger partial charge in [-0.05, 0) is 78.6 Å². The van der Waals surface area contributed by atoms with Crippen molar-refractivity contribution in [3.05, 3.63) is 192 Å². The summed E-state index contributed by atoms with van der Waals surface area (Å²) in [6.45, 7) is 5.68. The molecule has 0 saturated carbocycles. The zero-order chi connectivity index (χ0) is 32.7. The lowest BCUT2D eigenvalue weighted by Crippen LogP contribution is -2.24. The lowest BCUT2D eigenvalue weighted by molar-refractivity contribution is 0.764. The van der Waals surface area contributed by atoms with Gasteiger partial charge in [-0.15, -0.1) is 0 Å². The summed E-state index contributed by atoms with van der Waals surface area (Å²) in [6, 6.07) is 57.8. The number of anilines is 4. The molecule has 234 valence electrons. The maximum absolute atomic E-state index is 5.07. The SMILES string of the molecule is Cc1ccc(CN(Cc2ccc(C)cc2)c2nccc(-c3ccc(-c4ccc(N(c5ccccc5)c5ccccc5)cc4)cc3)n2)cc1. The van der Waals surface area contributed by atoms with E-state index in [2.05, 4.69) is 181 Å². The van der Waals surface area contributed by atoms with E-state index in [1.807, 2.05) is 12.3 Å². The zero-order valence-electron chi connectivity index (χ0n) is 27.4. The van der Waals surface area contributed by atoms with Crippen LogP contribution < -0.4 is 9.80 Å². The van der Waals surface area contributed by atoms with E-state index >= 15 is 0 Å². The van der Waals surface area contributed by atoms with Gasteiger partial charge < -0.3 is 9.80 Å². The van der Waals surface area contributed by atoms with E-state index in [0.717, 1.165) is 58.5 Å². The number of aryl methyl sites for hydroxylation is 2. The van der Waals surface area contributed by atoms with Gasteiger partial charge in [-0.25, -0.2) is 9.97 Å². The van der Waals surface area contributed by atoms with Gasteiger partial charge in [0.2, 0.25) is 5.95 Å². The fourth-order valence-corrected chi connectivity index (χ4v) is 5.92.